The number of phenolic OH excluding ortho intramolecular Hbond substituents is 1. The zero-order valence-corrected chi connectivity index (χ0v) is 11.5. The fourth-order valence-corrected chi connectivity index (χ4v) is 1.99. The topological polar surface area (TPSA) is 49.3 Å². The van der Waals surface area contributed by atoms with Crippen LogP contribution < -0.4 is 5.32 Å². The summed E-state index contributed by atoms with van der Waals surface area (Å²) in [6, 6.07) is 10.1. The minimum absolute atomic E-state index is 0.141. The molecule has 0 heterocycles. The molecule has 2 aromatic carbocycles. The minimum atomic E-state index is -0.245. The Balaban J connectivity index is 2.28. The second-order valence-electron chi connectivity index (χ2n) is 4.44. The first-order valence-corrected chi connectivity index (χ1v) is 6.22. The van der Waals surface area contributed by atoms with E-state index in [1.165, 1.54) is 6.07 Å². The van der Waals surface area contributed by atoms with Crippen LogP contribution in [-0.2, 0) is 0 Å². The molecule has 0 saturated heterocycles. The number of amides is 1. The van der Waals surface area contributed by atoms with Crippen molar-refractivity contribution in [3.05, 3.63) is 58.1 Å². The highest BCUT2D eigenvalue weighted by molar-refractivity contribution is 6.34. The van der Waals surface area contributed by atoms with Crippen LogP contribution in [0.15, 0.2) is 36.4 Å². The number of rotatable bonds is 2. The number of anilines is 1. The zero-order chi connectivity index (χ0) is 14.0. The van der Waals surface area contributed by atoms with Crippen LogP contribution in [0.1, 0.15) is 21.5 Å². The van der Waals surface area contributed by atoms with Gasteiger partial charge in [-0.15, -0.1) is 0 Å². The van der Waals surface area contributed by atoms with E-state index in [-0.39, 0.29) is 11.7 Å². The van der Waals surface area contributed by atoms with Crippen LogP contribution in [0.25, 0.3) is 0 Å². The van der Waals surface area contributed by atoms with E-state index in [1.807, 2.05) is 19.1 Å². The van der Waals surface area contributed by atoms with Crippen molar-refractivity contribution < 1.29 is 9.90 Å². The highest BCUT2D eigenvalue weighted by Crippen LogP contribution is 2.24. The lowest BCUT2D eigenvalue weighted by molar-refractivity contribution is 0.102. The molecule has 1 amide bonds. The summed E-state index contributed by atoms with van der Waals surface area (Å²) < 4.78 is 0. The molecule has 0 aliphatic carbocycles. The van der Waals surface area contributed by atoms with Gasteiger partial charge >= 0.3 is 0 Å². The number of hydrogen-bond acceptors (Lipinski definition) is 2. The maximum atomic E-state index is 12.2. The minimum Gasteiger partial charge on any atom is -0.508 e. The van der Waals surface area contributed by atoms with Gasteiger partial charge in [0.15, 0.2) is 0 Å². The van der Waals surface area contributed by atoms with Crippen LogP contribution in [0, 0.1) is 13.8 Å². The van der Waals surface area contributed by atoms with Gasteiger partial charge in [0.25, 0.3) is 5.91 Å². The van der Waals surface area contributed by atoms with Crippen LogP contribution in [0.4, 0.5) is 5.69 Å². The molecule has 0 atom stereocenters. The van der Waals surface area contributed by atoms with Crippen LogP contribution in [0.3, 0.4) is 0 Å². The summed E-state index contributed by atoms with van der Waals surface area (Å²) in [5, 5.41) is 12.6. The van der Waals surface area contributed by atoms with Crippen molar-refractivity contribution in [1.82, 2.24) is 0 Å². The summed E-state index contributed by atoms with van der Waals surface area (Å²) in [5.74, 6) is -0.104. The van der Waals surface area contributed by atoms with Crippen LogP contribution >= 0.6 is 11.6 Å². The SMILES string of the molecule is Cc1ccc(Cl)c(NC(=O)c2ccc(O)cc2C)c1. The molecule has 2 rings (SSSR count). The Morgan fingerprint density at radius 2 is 1.89 bits per heavy atom. The van der Waals surface area contributed by atoms with Gasteiger partial charge in [0, 0.05) is 5.56 Å². The van der Waals surface area contributed by atoms with E-state index in [4.69, 9.17) is 11.6 Å². The Bertz CT molecular complexity index is 638. The highest BCUT2D eigenvalue weighted by atomic mass is 35.5. The lowest BCUT2D eigenvalue weighted by Gasteiger charge is -2.10. The number of carbonyl (C=O) groups excluding carboxylic acids is 1. The molecule has 98 valence electrons. The van der Waals surface area contributed by atoms with Gasteiger partial charge in [0.05, 0.1) is 10.7 Å². The Morgan fingerprint density at radius 1 is 1.16 bits per heavy atom. The smallest absolute Gasteiger partial charge is 0.255 e. The normalized spacial score (nSPS) is 10.3. The van der Waals surface area contributed by atoms with Gasteiger partial charge in [0.2, 0.25) is 0 Å². The summed E-state index contributed by atoms with van der Waals surface area (Å²) in [7, 11) is 0. The molecule has 0 aromatic heterocycles. The van der Waals surface area contributed by atoms with E-state index in [9.17, 15) is 9.90 Å². The summed E-state index contributed by atoms with van der Waals surface area (Å²) in [6.07, 6.45) is 0. The van der Waals surface area contributed by atoms with Crippen molar-refractivity contribution in [3.8, 4) is 5.75 Å². The largest absolute Gasteiger partial charge is 0.508 e. The highest BCUT2D eigenvalue weighted by Gasteiger charge is 2.11. The van der Waals surface area contributed by atoms with Crippen LogP contribution in [0.5, 0.6) is 5.75 Å². The molecule has 0 bridgehead atoms. The Kier molecular flexibility index (Phi) is 3.76. The van der Waals surface area contributed by atoms with Crippen molar-refractivity contribution >= 4 is 23.2 Å². The molecule has 0 saturated carbocycles. The van der Waals surface area contributed by atoms with E-state index >= 15 is 0 Å². The predicted molar refractivity (Wildman–Crippen MR) is 77.0 cm³/mol. The van der Waals surface area contributed by atoms with Crippen LogP contribution in [-0.4, -0.2) is 11.0 Å². The number of halogens is 1. The van der Waals surface area contributed by atoms with Gasteiger partial charge in [-0.3, -0.25) is 4.79 Å². The Hall–Kier alpha value is -2.00. The monoisotopic (exact) mass is 275 g/mol. The number of benzene rings is 2. The summed E-state index contributed by atoms with van der Waals surface area (Å²) in [6.45, 7) is 3.70. The molecule has 4 heteroatoms. The van der Waals surface area contributed by atoms with E-state index in [1.54, 1.807) is 25.1 Å². The van der Waals surface area contributed by atoms with Gasteiger partial charge in [0.1, 0.15) is 5.75 Å². The molecule has 0 aliphatic rings. The fourth-order valence-electron chi connectivity index (χ4n) is 1.83. The number of carbonyl (C=O) groups is 1. The Morgan fingerprint density at radius 3 is 2.58 bits per heavy atom. The number of aromatic hydroxyl groups is 1. The first-order valence-electron chi connectivity index (χ1n) is 5.84. The maximum absolute atomic E-state index is 12.2. The first kappa shape index (κ1) is 13.4. The molecular weight excluding hydrogens is 262 g/mol. The lowest BCUT2D eigenvalue weighted by Crippen LogP contribution is -2.13. The molecular formula is C15H14ClNO2. The van der Waals surface area contributed by atoms with E-state index in [2.05, 4.69) is 5.32 Å². The summed E-state index contributed by atoms with van der Waals surface area (Å²) >= 11 is 6.04. The van der Waals surface area contributed by atoms with E-state index in [0.717, 1.165) is 5.56 Å². The first-order chi connectivity index (χ1) is 8.97. The quantitative estimate of drug-likeness (QED) is 0.873. The molecule has 0 spiro atoms. The van der Waals surface area contributed by atoms with Gasteiger partial charge in [-0.05, 0) is 55.3 Å². The van der Waals surface area contributed by atoms with Crippen molar-refractivity contribution in [1.29, 1.82) is 0 Å². The van der Waals surface area contributed by atoms with Crippen molar-refractivity contribution in [2.45, 2.75) is 13.8 Å². The molecule has 19 heavy (non-hydrogen) atoms. The van der Waals surface area contributed by atoms with E-state index < -0.39 is 0 Å². The van der Waals surface area contributed by atoms with E-state index in [0.29, 0.717) is 21.8 Å². The second kappa shape index (κ2) is 5.33. The number of hydrogen-bond donors (Lipinski definition) is 2. The zero-order valence-electron chi connectivity index (χ0n) is 10.7. The van der Waals surface area contributed by atoms with Crippen molar-refractivity contribution in [3.63, 3.8) is 0 Å². The fraction of sp³-hybridized carbons (Fsp3) is 0.133. The maximum Gasteiger partial charge on any atom is 0.255 e. The van der Waals surface area contributed by atoms with Crippen LogP contribution in [0.2, 0.25) is 5.02 Å². The third-order valence-electron chi connectivity index (χ3n) is 2.82. The van der Waals surface area contributed by atoms with Gasteiger partial charge in [-0.2, -0.15) is 0 Å². The molecule has 0 radical (unpaired) electrons. The average molecular weight is 276 g/mol. The second-order valence-corrected chi connectivity index (χ2v) is 4.84. The van der Waals surface area contributed by atoms with Gasteiger partial charge < -0.3 is 10.4 Å². The number of nitrogens with one attached hydrogen (secondary N) is 1. The third kappa shape index (κ3) is 3.06. The molecule has 2 N–H and O–H groups in total. The summed E-state index contributed by atoms with van der Waals surface area (Å²) in [5.41, 5.74) is 2.82. The molecule has 3 nitrogen and oxygen atoms in total. The Labute approximate surface area is 116 Å². The number of aryl methyl sites for hydroxylation is 2. The van der Waals surface area contributed by atoms with Crippen molar-refractivity contribution in [2.75, 3.05) is 5.32 Å². The summed E-state index contributed by atoms with van der Waals surface area (Å²) in [4.78, 5) is 12.2. The number of phenols is 1. The van der Waals surface area contributed by atoms with Gasteiger partial charge in [-0.25, -0.2) is 0 Å². The van der Waals surface area contributed by atoms with Gasteiger partial charge in [-0.1, -0.05) is 17.7 Å². The average Bonchev–Trinajstić information content (AvgIpc) is 2.33. The third-order valence-corrected chi connectivity index (χ3v) is 3.15. The lowest BCUT2D eigenvalue weighted by atomic mass is 10.1. The molecule has 0 aliphatic heterocycles. The predicted octanol–water partition coefficient (Wildman–Crippen LogP) is 3.91. The molecule has 0 fully saturated rings. The molecule has 2 aromatic rings. The molecule has 0 unspecified atom stereocenters. The standard InChI is InChI=1S/C15H14ClNO2/c1-9-3-6-13(16)14(7-9)17-15(19)12-5-4-11(18)8-10(12)2/h3-8,18H,1-2H3,(H,17,19). The van der Waals surface area contributed by atoms with Crippen molar-refractivity contribution in [2.24, 2.45) is 0 Å².